The molecule has 0 aromatic heterocycles. The van der Waals surface area contributed by atoms with E-state index in [1.807, 2.05) is 37.3 Å². The predicted molar refractivity (Wildman–Crippen MR) is 52.3 cm³/mol. The molecule has 1 rings (SSSR count). The van der Waals surface area contributed by atoms with E-state index in [2.05, 4.69) is 0 Å². The highest BCUT2D eigenvalue weighted by Crippen LogP contribution is 2.17. The van der Waals surface area contributed by atoms with E-state index in [1.165, 1.54) is 6.08 Å². The van der Waals surface area contributed by atoms with E-state index in [1.54, 1.807) is 7.11 Å². The van der Waals surface area contributed by atoms with E-state index >= 15 is 0 Å². The van der Waals surface area contributed by atoms with E-state index in [0.717, 1.165) is 16.9 Å². The third kappa shape index (κ3) is 2.34. The average molecular weight is 173 g/mol. The zero-order valence-corrected chi connectivity index (χ0v) is 7.74. The van der Waals surface area contributed by atoms with E-state index in [0.29, 0.717) is 0 Å². The van der Waals surface area contributed by atoms with Gasteiger partial charge in [0.25, 0.3) is 0 Å². The van der Waals surface area contributed by atoms with Gasteiger partial charge in [-0.05, 0) is 30.2 Å². The number of nitriles is 1. The van der Waals surface area contributed by atoms with E-state index < -0.39 is 0 Å². The molecule has 66 valence electrons. The van der Waals surface area contributed by atoms with Crippen molar-refractivity contribution in [3.63, 3.8) is 0 Å². The van der Waals surface area contributed by atoms with Crippen molar-refractivity contribution in [1.82, 2.24) is 0 Å². The van der Waals surface area contributed by atoms with Gasteiger partial charge in [-0.1, -0.05) is 12.1 Å². The Kier molecular flexibility index (Phi) is 3.10. The first-order valence-electron chi connectivity index (χ1n) is 3.98. The topological polar surface area (TPSA) is 33.0 Å². The normalized spacial score (nSPS) is 10.7. The minimum absolute atomic E-state index is 0.827. The molecule has 0 heterocycles. The number of nitrogens with zero attached hydrogens (tertiary/aromatic N) is 1. The maximum absolute atomic E-state index is 8.45. The van der Waals surface area contributed by atoms with Gasteiger partial charge in [-0.2, -0.15) is 5.26 Å². The van der Waals surface area contributed by atoms with Crippen LogP contribution in [-0.4, -0.2) is 7.11 Å². The smallest absolute Gasteiger partial charge is 0.118 e. The summed E-state index contributed by atoms with van der Waals surface area (Å²) in [6, 6.07) is 9.62. The van der Waals surface area contributed by atoms with Crippen LogP contribution in [0.1, 0.15) is 12.5 Å². The van der Waals surface area contributed by atoms with Gasteiger partial charge in [0, 0.05) is 6.08 Å². The van der Waals surface area contributed by atoms with Crippen LogP contribution in [0.15, 0.2) is 30.3 Å². The molecule has 2 heteroatoms. The second-order valence-electron chi connectivity index (χ2n) is 2.68. The highest BCUT2D eigenvalue weighted by Gasteiger charge is 1.95. The standard InChI is InChI=1S/C11H11NO/c1-9(7-8-12)10-3-5-11(13-2)6-4-10/h3-7H,1-2H3. The summed E-state index contributed by atoms with van der Waals surface area (Å²) in [5.41, 5.74) is 2.01. The second-order valence-corrected chi connectivity index (χ2v) is 2.68. The summed E-state index contributed by atoms with van der Waals surface area (Å²) >= 11 is 0. The molecule has 0 N–H and O–H groups in total. The van der Waals surface area contributed by atoms with Gasteiger partial charge < -0.3 is 4.74 Å². The Morgan fingerprint density at radius 2 is 2.00 bits per heavy atom. The number of ether oxygens (including phenoxy) is 1. The zero-order valence-electron chi connectivity index (χ0n) is 7.74. The minimum Gasteiger partial charge on any atom is -0.497 e. The SMILES string of the molecule is COc1ccc(C(C)=CC#N)cc1. The van der Waals surface area contributed by atoms with Gasteiger partial charge in [0.15, 0.2) is 0 Å². The number of methoxy groups -OCH3 is 1. The molecule has 0 bridgehead atoms. The van der Waals surface area contributed by atoms with Gasteiger partial charge in [-0.15, -0.1) is 0 Å². The molecule has 1 aromatic rings. The molecule has 0 spiro atoms. The minimum atomic E-state index is 0.827. The maximum atomic E-state index is 8.45. The summed E-state index contributed by atoms with van der Waals surface area (Å²) in [5, 5.41) is 8.45. The molecular formula is C11H11NO. The number of benzene rings is 1. The van der Waals surface area contributed by atoms with E-state index in [9.17, 15) is 0 Å². The molecule has 0 atom stereocenters. The van der Waals surface area contributed by atoms with Gasteiger partial charge in [-0.3, -0.25) is 0 Å². The third-order valence-corrected chi connectivity index (χ3v) is 1.83. The Morgan fingerprint density at radius 3 is 2.46 bits per heavy atom. The van der Waals surface area contributed by atoms with Crippen LogP contribution in [0.5, 0.6) is 5.75 Å². The van der Waals surface area contributed by atoms with E-state index in [4.69, 9.17) is 10.00 Å². The summed E-state index contributed by atoms with van der Waals surface area (Å²) in [6.07, 6.45) is 1.53. The van der Waals surface area contributed by atoms with Gasteiger partial charge >= 0.3 is 0 Å². The van der Waals surface area contributed by atoms with Crippen molar-refractivity contribution < 1.29 is 4.74 Å². The highest BCUT2D eigenvalue weighted by atomic mass is 16.5. The van der Waals surface area contributed by atoms with Crippen molar-refractivity contribution >= 4 is 5.57 Å². The Balaban J connectivity index is 2.94. The lowest BCUT2D eigenvalue weighted by Crippen LogP contribution is -1.83. The first-order valence-corrected chi connectivity index (χ1v) is 3.98. The molecule has 0 saturated carbocycles. The first-order chi connectivity index (χ1) is 6.27. The molecule has 0 radical (unpaired) electrons. The monoisotopic (exact) mass is 173 g/mol. The van der Waals surface area contributed by atoms with E-state index in [-0.39, 0.29) is 0 Å². The van der Waals surface area contributed by atoms with Crippen molar-refractivity contribution in [2.75, 3.05) is 7.11 Å². The molecule has 0 aliphatic heterocycles. The van der Waals surface area contributed by atoms with Crippen LogP contribution in [0.4, 0.5) is 0 Å². The predicted octanol–water partition coefficient (Wildman–Crippen LogP) is 2.62. The van der Waals surface area contributed by atoms with Crippen molar-refractivity contribution in [1.29, 1.82) is 5.26 Å². The van der Waals surface area contributed by atoms with Crippen LogP contribution in [0.25, 0.3) is 5.57 Å². The Labute approximate surface area is 78.1 Å². The molecule has 0 amide bonds. The molecule has 0 aliphatic carbocycles. The number of hydrogen-bond acceptors (Lipinski definition) is 2. The molecule has 1 aromatic carbocycles. The lowest BCUT2D eigenvalue weighted by atomic mass is 10.1. The molecule has 0 saturated heterocycles. The van der Waals surface area contributed by atoms with Gasteiger partial charge in [-0.25, -0.2) is 0 Å². The van der Waals surface area contributed by atoms with Crippen LogP contribution in [0.2, 0.25) is 0 Å². The molecule has 0 aliphatic rings. The number of hydrogen-bond donors (Lipinski definition) is 0. The van der Waals surface area contributed by atoms with Crippen LogP contribution >= 0.6 is 0 Å². The molecular weight excluding hydrogens is 162 g/mol. The highest BCUT2D eigenvalue weighted by molar-refractivity contribution is 5.66. The molecule has 13 heavy (non-hydrogen) atoms. The zero-order chi connectivity index (χ0) is 9.68. The molecule has 0 fully saturated rings. The fourth-order valence-corrected chi connectivity index (χ4v) is 1.03. The van der Waals surface area contributed by atoms with Crippen molar-refractivity contribution in [2.45, 2.75) is 6.92 Å². The van der Waals surface area contributed by atoms with Crippen molar-refractivity contribution in [3.05, 3.63) is 35.9 Å². The largest absolute Gasteiger partial charge is 0.497 e. The van der Waals surface area contributed by atoms with Gasteiger partial charge in [0.1, 0.15) is 5.75 Å². The quantitative estimate of drug-likeness (QED) is 0.644. The Bertz CT molecular complexity index is 343. The number of allylic oxidation sites excluding steroid dienone is 2. The summed E-state index contributed by atoms with van der Waals surface area (Å²) in [6.45, 7) is 1.91. The van der Waals surface area contributed by atoms with Crippen LogP contribution < -0.4 is 4.74 Å². The molecule has 0 unspecified atom stereocenters. The fourth-order valence-electron chi connectivity index (χ4n) is 1.03. The second kappa shape index (κ2) is 4.32. The first kappa shape index (κ1) is 9.34. The number of rotatable bonds is 2. The van der Waals surface area contributed by atoms with Crippen molar-refractivity contribution in [2.24, 2.45) is 0 Å². The van der Waals surface area contributed by atoms with Crippen molar-refractivity contribution in [3.8, 4) is 11.8 Å². The lowest BCUT2D eigenvalue weighted by Gasteiger charge is -2.01. The Morgan fingerprint density at radius 1 is 1.38 bits per heavy atom. The van der Waals surface area contributed by atoms with Crippen LogP contribution in [0.3, 0.4) is 0 Å². The fraction of sp³-hybridized carbons (Fsp3) is 0.182. The van der Waals surface area contributed by atoms with Crippen LogP contribution in [-0.2, 0) is 0 Å². The summed E-state index contributed by atoms with van der Waals surface area (Å²) in [7, 11) is 1.63. The summed E-state index contributed by atoms with van der Waals surface area (Å²) < 4.78 is 5.02. The lowest BCUT2D eigenvalue weighted by molar-refractivity contribution is 0.415. The van der Waals surface area contributed by atoms with Crippen LogP contribution in [0, 0.1) is 11.3 Å². The maximum Gasteiger partial charge on any atom is 0.118 e. The molecule has 2 nitrogen and oxygen atoms in total. The summed E-state index contributed by atoms with van der Waals surface area (Å²) in [4.78, 5) is 0. The average Bonchev–Trinajstić information content (AvgIpc) is 2.18. The Hall–Kier alpha value is -1.75. The van der Waals surface area contributed by atoms with Gasteiger partial charge in [0.2, 0.25) is 0 Å². The summed E-state index contributed by atoms with van der Waals surface area (Å²) in [5.74, 6) is 0.827. The van der Waals surface area contributed by atoms with Gasteiger partial charge in [0.05, 0.1) is 13.2 Å². The third-order valence-electron chi connectivity index (χ3n) is 1.83.